The largest absolute Gasteiger partial charge is 0.340 e. The number of sulfonamides is 1. The van der Waals surface area contributed by atoms with E-state index in [2.05, 4.69) is 14.9 Å². The molecule has 0 spiro atoms. The van der Waals surface area contributed by atoms with Crippen LogP contribution in [0.3, 0.4) is 0 Å². The highest BCUT2D eigenvalue weighted by Gasteiger charge is 2.42. The summed E-state index contributed by atoms with van der Waals surface area (Å²) in [4.78, 5) is 4.33. The van der Waals surface area contributed by atoms with Crippen LogP contribution in [-0.2, 0) is 15.6 Å². The molecule has 0 aliphatic heterocycles. The fourth-order valence-electron chi connectivity index (χ4n) is 3.00. The first-order chi connectivity index (χ1) is 10.9. The molecule has 0 atom stereocenters. The summed E-state index contributed by atoms with van der Waals surface area (Å²) in [6, 6.07) is 6.39. The van der Waals surface area contributed by atoms with Crippen molar-refractivity contribution in [3.63, 3.8) is 0 Å². The third-order valence-electron chi connectivity index (χ3n) is 4.12. The molecule has 1 aliphatic rings. The fraction of sp³-hybridized carbons (Fsp3) is 0.467. The summed E-state index contributed by atoms with van der Waals surface area (Å²) in [5, 5.41) is 4.16. The molecule has 8 heteroatoms. The SMILES string of the molecule is Cc1nc(C2(NS(=O)(=O)c3ccccc3Cl)CCCCC2)no1. The fourth-order valence-corrected chi connectivity index (χ4v) is 4.94. The summed E-state index contributed by atoms with van der Waals surface area (Å²) in [6.07, 6.45) is 4.13. The van der Waals surface area contributed by atoms with E-state index >= 15 is 0 Å². The first-order valence-electron chi connectivity index (χ1n) is 7.52. The van der Waals surface area contributed by atoms with Gasteiger partial charge in [-0.05, 0) is 25.0 Å². The van der Waals surface area contributed by atoms with Crippen LogP contribution in [0.25, 0.3) is 0 Å². The summed E-state index contributed by atoms with van der Waals surface area (Å²) >= 11 is 6.05. The van der Waals surface area contributed by atoms with Crippen molar-refractivity contribution in [1.29, 1.82) is 0 Å². The topological polar surface area (TPSA) is 85.1 Å². The van der Waals surface area contributed by atoms with Crippen LogP contribution in [-0.4, -0.2) is 18.6 Å². The Hall–Kier alpha value is -1.44. The van der Waals surface area contributed by atoms with Gasteiger partial charge in [0, 0.05) is 6.92 Å². The quantitative estimate of drug-likeness (QED) is 0.910. The third kappa shape index (κ3) is 3.27. The molecule has 1 aromatic heterocycles. The highest BCUT2D eigenvalue weighted by Crippen LogP contribution is 2.37. The van der Waals surface area contributed by atoms with Crippen molar-refractivity contribution in [2.24, 2.45) is 0 Å². The van der Waals surface area contributed by atoms with Gasteiger partial charge in [0.15, 0.2) is 5.82 Å². The van der Waals surface area contributed by atoms with Crippen LogP contribution in [0.15, 0.2) is 33.7 Å². The number of hydrogen-bond acceptors (Lipinski definition) is 5. The lowest BCUT2D eigenvalue weighted by Gasteiger charge is -2.34. The molecule has 2 aromatic rings. The molecule has 0 amide bonds. The summed E-state index contributed by atoms with van der Waals surface area (Å²) < 4.78 is 33.5. The summed E-state index contributed by atoms with van der Waals surface area (Å²) in [6.45, 7) is 1.69. The van der Waals surface area contributed by atoms with Crippen molar-refractivity contribution in [3.05, 3.63) is 41.0 Å². The lowest BCUT2D eigenvalue weighted by Crippen LogP contribution is -2.48. The van der Waals surface area contributed by atoms with Crippen LogP contribution in [0.2, 0.25) is 5.02 Å². The Morgan fingerprint density at radius 1 is 1.22 bits per heavy atom. The van der Waals surface area contributed by atoms with E-state index in [9.17, 15) is 8.42 Å². The number of nitrogens with zero attached hydrogens (tertiary/aromatic N) is 2. The van der Waals surface area contributed by atoms with Crippen LogP contribution in [0.1, 0.15) is 43.8 Å². The Balaban J connectivity index is 2.00. The summed E-state index contributed by atoms with van der Waals surface area (Å²) in [7, 11) is -3.79. The van der Waals surface area contributed by atoms with Crippen molar-refractivity contribution in [1.82, 2.24) is 14.9 Å². The number of nitrogens with one attached hydrogen (secondary N) is 1. The molecular formula is C15H18ClN3O3S. The number of halogens is 1. The van der Waals surface area contributed by atoms with Crippen molar-refractivity contribution in [3.8, 4) is 0 Å². The normalized spacial score (nSPS) is 18.0. The predicted molar refractivity (Wildman–Crippen MR) is 85.6 cm³/mol. The van der Waals surface area contributed by atoms with Gasteiger partial charge in [-0.2, -0.15) is 9.71 Å². The van der Waals surface area contributed by atoms with Crippen LogP contribution >= 0.6 is 11.6 Å². The van der Waals surface area contributed by atoms with Gasteiger partial charge in [0.25, 0.3) is 0 Å². The molecule has 124 valence electrons. The van der Waals surface area contributed by atoms with E-state index in [-0.39, 0.29) is 9.92 Å². The van der Waals surface area contributed by atoms with E-state index in [0.717, 1.165) is 19.3 Å². The molecule has 1 heterocycles. The van der Waals surface area contributed by atoms with E-state index in [1.165, 1.54) is 6.07 Å². The van der Waals surface area contributed by atoms with E-state index in [1.807, 2.05) is 0 Å². The third-order valence-corrected chi connectivity index (χ3v) is 6.15. The molecule has 1 aliphatic carbocycles. The highest BCUT2D eigenvalue weighted by atomic mass is 35.5. The number of hydrogen-bond donors (Lipinski definition) is 1. The summed E-state index contributed by atoms with van der Waals surface area (Å²) in [5.74, 6) is 0.812. The minimum absolute atomic E-state index is 0.0619. The van der Waals surface area contributed by atoms with Gasteiger partial charge in [0.1, 0.15) is 4.90 Å². The Morgan fingerprint density at radius 3 is 2.52 bits per heavy atom. The molecule has 1 N–H and O–H groups in total. The first-order valence-corrected chi connectivity index (χ1v) is 9.38. The average Bonchev–Trinajstić information content (AvgIpc) is 2.95. The molecule has 0 radical (unpaired) electrons. The second-order valence-corrected chi connectivity index (χ2v) is 7.87. The molecule has 1 aromatic carbocycles. The maximum absolute atomic E-state index is 12.8. The van der Waals surface area contributed by atoms with Gasteiger partial charge in [-0.3, -0.25) is 0 Å². The standard InChI is InChI=1S/C15H18ClN3O3S/c1-11-17-14(18-22-11)15(9-5-2-6-10-15)19-23(20,21)13-8-4-3-7-12(13)16/h3-4,7-8,19H,2,5-6,9-10H2,1H3. The van der Waals surface area contributed by atoms with Crippen LogP contribution in [0.5, 0.6) is 0 Å². The van der Waals surface area contributed by atoms with Crippen molar-refractivity contribution in [2.45, 2.75) is 49.5 Å². The molecule has 1 saturated carbocycles. The minimum Gasteiger partial charge on any atom is -0.340 e. The van der Waals surface area contributed by atoms with Crippen LogP contribution < -0.4 is 4.72 Å². The van der Waals surface area contributed by atoms with Crippen LogP contribution in [0, 0.1) is 6.92 Å². The maximum atomic E-state index is 12.8. The Kier molecular flexibility index (Phi) is 4.44. The van der Waals surface area contributed by atoms with Gasteiger partial charge in [-0.25, -0.2) is 8.42 Å². The van der Waals surface area contributed by atoms with E-state index < -0.39 is 15.6 Å². The molecular weight excluding hydrogens is 338 g/mol. The van der Waals surface area contributed by atoms with Gasteiger partial charge >= 0.3 is 0 Å². The number of benzene rings is 1. The first kappa shape index (κ1) is 16.4. The number of aromatic nitrogens is 2. The van der Waals surface area contributed by atoms with Gasteiger partial charge in [0.2, 0.25) is 15.9 Å². The van der Waals surface area contributed by atoms with E-state index in [0.29, 0.717) is 24.6 Å². The highest BCUT2D eigenvalue weighted by molar-refractivity contribution is 7.89. The molecule has 0 unspecified atom stereocenters. The van der Waals surface area contributed by atoms with E-state index in [4.69, 9.17) is 16.1 Å². The smallest absolute Gasteiger partial charge is 0.242 e. The predicted octanol–water partition coefficient (Wildman–Crippen LogP) is 3.17. The second-order valence-electron chi connectivity index (χ2n) is 5.82. The van der Waals surface area contributed by atoms with Crippen molar-refractivity contribution >= 4 is 21.6 Å². The minimum atomic E-state index is -3.79. The zero-order valence-electron chi connectivity index (χ0n) is 12.8. The lowest BCUT2D eigenvalue weighted by molar-refractivity contribution is 0.248. The number of aryl methyl sites for hydroxylation is 1. The molecule has 23 heavy (non-hydrogen) atoms. The van der Waals surface area contributed by atoms with Crippen molar-refractivity contribution in [2.75, 3.05) is 0 Å². The molecule has 0 saturated heterocycles. The zero-order chi connectivity index (χ0) is 16.5. The molecule has 6 nitrogen and oxygen atoms in total. The van der Waals surface area contributed by atoms with Gasteiger partial charge in [-0.15, -0.1) is 0 Å². The monoisotopic (exact) mass is 355 g/mol. The molecule has 3 rings (SSSR count). The lowest BCUT2D eigenvalue weighted by atomic mass is 9.82. The number of rotatable bonds is 4. The Labute approximate surface area is 140 Å². The average molecular weight is 356 g/mol. The zero-order valence-corrected chi connectivity index (χ0v) is 14.3. The summed E-state index contributed by atoms with van der Waals surface area (Å²) in [5.41, 5.74) is -0.839. The Morgan fingerprint density at radius 2 is 1.91 bits per heavy atom. The molecule has 1 fully saturated rings. The van der Waals surface area contributed by atoms with Crippen molar-refractivity contribution < 1.29 is 12.9 Å². The maximum Gasteiger partial charge on any atom is 0.242 e. The van der Waals surface area contributed by atoms with Gasteiger partial charge in [0.05, 0.1) is 10.6 Å². The Bertz CT molecular complexity index is 798. The van der Waals surface area contributed by atoms with Gasteiger partial charge < -0.3 is 4.52 Å². The second kappa shape index (κ2) is 6.22. The van der Waals surface area contributed by atoms with Crippen LogP contribution in [0.4, 0.5) is 0 Å². The molecule has 0 bridgehead atoms. The van der Waals surface area contributed by atoms with E-state index in [1.54, 1.807) is 25.1 Å². The van der Waals surface area contributed by atoms with Gasteiger partial charge in [-0.1, -0.05) is 48.2 Å².